The Hall–Kier alpha value is -2.68. The topological polar surface area (TPSA) is 142 Å². The Balaban J connectivity index is 4.36. The van der Waals surface area contributed by atoms with Crippen LogP contribution < -0.4 is 10.6 Å². The molecule has 0 bridgehead atoms. The highest BCUT2D eigenvalue weighted by Crippen LogP contribution is 2.18. The Morgan fingerprint density at radius 3 is 1.42 bits per heavy atom. The molecule has 9 nitrogen and oxygen atoms in total. The molecule has 2 atom stereocenters. The van der Waals surface area contributed by atoms with Gasteiger partial charge >= 0.3 is 11.9 Å². The fourth-order valence-electron chi connectivity index (χ4n) is 6.65. The largest absolute Gasteiger partial charge is 0.480 e. The van der Waals surface area contributed by atoms with E-state index in [4.69, 9.17) is 14.9 Å². The number of aliphatic hydroxyl groups is 1. The fourth-order valence-corrected chi connectivity index (χ4v) is 6.65. The molecule has 2 amide bonds. The predicted octanol–water partition coefficient (Wildman–Crippen LogP) is 11.2. The third-order valence-electron chi connectivity index (χ3n) is 10.2. The summed E-state index contributed by atoms with van der Waals surface area (Å²) in [6, 6.07) is -1.38. The highest BCUT2D eigenvalue weighted by molar-refractivity contribution is 5.87. The van der Waals surface area contributed by atoms with Crippen molar-refractivity contribution in [2.45, 2.75) is 231 Å². The number of esters is 1. The average Bonchev–Trinajstić information content (AvgIpc) is 3.17. The van der Waals surface area contributed by atoms with Gasteiger partial charge in [0.2, 0.25) is 11.8 Å². The molecule has 2 unspecified atom stereocenters. The molecule has 0 radical (unpaired) electrons. The summed E-state index contributed by atoms with van der Waals surface area (Å²) >= 11 is 0. The molecule has 0 aliphatic heterocycles. The molecular formula is C46H84N2O7. The van der Waals surface area contributed by atoms with E-state index in [0.717, 1.165) is 77.0 Å². The van der Waals surface area contributed by atoms with Crippen LogP contribution in [0.25, 0.3) is 0 Å². The third kappa shape index (κ3) is 38.0. The van der Waals surface area contributed by atoms with Gasteiger partial charge < -0.3 is 25.6 Å². The third-order valence-corrected chi connectivity index (χ3v) is 10.2. The summed E-state index contributed by atoms with van der Waals surface area (Å²) in [6.45, 7) is 3.47. The van der Waals surface area contributed by atoms with Crippen LogP contribution in [0.5, 0.6) is 0 Å². The highest BCUT2D eigenvalue weighted by Gasteiger charge is 2.19. The van der Waals surface area contributed by atoms with Gasteiger partial charge in [0.15, 0.2) is 0 Å². The molecule has 9 heteroatoms. The number of carboxylic acids is 1. The number of carbonyl (C=O) groups excluding carboxylic acids is 3. The van der Waals surface area contributed by atoms with E-state index >= 15 is 0 Å². The quantitative estimate of drug-likeness (QED) is 0.0275. The summed E-state index contributed by atoms with van der Waals surface area (Å²) in [6.07, 6.45) is 44.9. The van der Waals surface area contributed by atoms with Crippen molar-refractivity contribution in [2.24, 2.45) is 0 Å². The summed E-state index contributed by atoms with van der Waals surface area (Å²) in [4.78, 5) is 47.6. The molecule has 0 aliphatic carbocycles. The van der Waals surface area contributed by atoms with Gasteiger partial charge in [-0.1, -0.05) is 141 Å². The molecule has 0 fully saturated rings. The number of allylic oxidation sites excluding steroid dienone is 4. The second-order valence-electron chi connectivity index (χ2n) is 15.5. The van der Waals surface area contributed by atoms with Gasteiger partial charge in [0.1, 0.15) is 12.1 Å². The molecule has 320 valence electrons. The summed E-state index contributed by atoms with van der Waals surface area (Å²) in [5, 5.41) is 22.6. The zero-order chi connectivity index (χ0) is 40.5. The van der Waals surface area contributed by atoms with Crippen LogP contribution in [0, 0.1) is 0 Å². The van der Waals surface area contributed by atoms with Gasteiger partial charge in [-0.2, -0.15) is 0 Å². The lowest BCUT2D eigenvalue weighted by Gasteiger charge is -2.18. The maximum Gasteiger partial charge on any atom is 0.328 e. The zero-order valence-electron chi connectivity index (χ0n) is 35.4. The smallest absolute Gasteiger partial charge is 0.328 e. The van der Waals surface area contributed by atoms with Crippen molar-refractivity contribution in [1.82, 2.24) is 10.6 Å². The Labute approximate surface area is 336 Å². The summed E-state index contributed by atoms with van der Waals surface area (Å²) in [7, 11) is 0. The molecule has 0 aliphatic rings. The van der Waals surface area contributed by atoms with Crippen LogP contribution in [0.15, 0.2) is 24.3 Å². The molecule has 0 spiro atoms. The predicted molar refractivity (Wildman–Crippen MR) is 227 cm³/mol. The van der Waals surface area contributed by atoms with Crippen LogP contribution in [0.1, 0.15) is 219 Å². The first kappa shape index (κ1) is 52.3. The van der Waals surface area contributed by atoms with E-state index in [2.05, 4.69) is 48.8 Å². The van der Waals surface area contributed by atoms with Crippen molar-refractivity contribution in [2.75, 3.05) is 13.2 Å². The Morgan fingerprint density at radius 1 is 0.527 bits per heavy atom. The number of carbonyl (C=O) groups is 4. The van der Waals surface area contributed by atoms with E-state index in [0.29, 0.717) is 19.3 Å². The number of unbranched alkanes of at least 4 members (excludes halogenated alkanes) is 23. The average molecular weight is 777 g/mol. The minimum absolute atomic E-state index is 0.0300. The lowest BCUT2D eigenvalue weighted by Crippen LogP contribution is -2.47. The Bertz CT molecular complexity index is 983. The standard InChI is InChI=1S/C46H84N2O7/c1-3-5-7-9-11-13-15-17-18-19-20-22-24-27-31-35-41(55-45(52)38-34-30-25-23-21-16-14-12-10-8-6-4-2)36-32-28-26-29-33-37-43(50)47-39-44(51)48-42(40-49)46(53)54/h12,14,19-20,41-42,49H,3-11,13,15-18,21-40H2,1-2H3,(H,47,50)(H,48,51)(H,53,54)/b14-12-,20-19-. The summed E-state index contributed by atoms with van der Waals surface area (Å²) in [5.41, 5.74) is 0. The number of rotatable bonds is 41. The van der Waals surface area contributed by atoms with E-state index in [-0.39, 0.29) is 24.5 Å². The molecule has 0 aromatic heterocycles. The van der Waals surface area contributed by atoms with Crippen LogP contribution in [0.3, 0.4) is 0 Å². The number of aliphatic carboxylic acids is 1. The first-order valence-corrected chi connectivity index (χ1v) is 22.7. The van der Waals surface area contributed by atoms with Crippen LogP contribution >= 0.6 is 0 Å². The number of hydrogen-bond donors (Lipinski definition) is 4. The molecule has 0 saturated carbocycles. The number of hydrogen-bond acceptors (Lipinski definition) is 6. The van der Waals surface area contributed by atoms with Crippen molar-refractivity contribution in [3.05, 3.63) is 24.3 Å². The maximum atomic E-state index is 12.8. The van der Waals surface area contributed by atoms with Gasteiger partial charge in [-0.3, -0.25) is 14.4 Å². The number of nitrogens with one attached hydrogen (secondary N) is 2. The first-order chi connectivity index (χ1) is 26.8. The monoisotopic (exact) mass is 777 g/mol. The molecule has 4 N–H and O–H groups in total. The van der Waals surface area contributed by atoms with Gasteiger partial charge in [0, 0.05) is 12.8 Å². The lowest BCUT2D eigenvalue weighted by atomic mass is 10.0. The van der Waals surface area contributed by atoms with E-state index in [1.165, 1.54) is 109 Å². The van der Waals surface area contributed by atoms with E-state index < -0.39 is 24.5 Å². The van der Waals surface area contributed by atoms with Crippen LogP contribution in [0.4, 0.5) is 0 Å². The molecular weight excluding hydrogens is 693 g/mol. The second kappa shape index (κ2) is 41.0. The van der Waals surface area contributed by atoms with Crippen molar-refractivity contribution in [3.63, 3.8) is 0 Å². The second-order valence-corrected chi connectivity index (χ2v) is 15.5. The van der Waals surface area contributed by atoms with Crippen LogP contribution in [-0.2, 0) is 23.9 Å². The van der Waals surface area contributed by atoms with Gasteiger partial charge in [-0.15, -0.1) is 0 Å². The number of carboxylic acid groups (broad SMARTS) is 1. The van der Waals surface area contributed by atoms with Gasteiger partial charge in [0.25, 0.3) is 0 Å². The minimum Gasteiger partial charge on any atom is -0.480 e. The minimum atomic E-state index is -1.38. The molecule has 0 saturated heterocycles. The van der Waals surface area contributed by atoms with Crippen LogP contribution in [-0.4, -0.2) is 59.3 Å². The SMILES string of the molecule is CCCCC/C=C\CCCCCCCC(=O)OC(CCCCC/C=C\CCCCCCCCCC)CCCCCCCC(=O)NCC(=O)NC(CO)C(=O)O. The van der Waals surface area contributed by atoms with E-state index in [1.807, 2.05) is 0 Å². The lowest BCUT2D eigenvalue weighted by molar-refractivity contribution is -0.150. The Kier molecular flexibility index (Phi) is 39.0. The summed E-state index contributed by atoms with van der Waals surface area (Å²) < 4.78 is 6.03. The van der Waals surface area contributed by atoms with Crippen molar-refractivity contribution in [3.8, 4) is 0 Å². The summed E-state index contributed by atoms with van der Waals surface area (Å²) in [5.74, 6) is -2.30. The maximum absolute atomic E-state index is 12.8. The van der Waals surface area contributed by atoms with Gasteiger partial charge in [-0.05, 0) is 89.9 Å². The van der Waals surface area contributed by atoms with E-state index in [1.54, 1.807) is 0 Å². The van der Waals surface area contributed by atoms with E-state index in [9.17, 15) is 19.2 Å². The Morgan fingerprint density at radius 2 is 0.927 bits per heavy atom. The molecule has 0 rings (SSSR count). The highest BCUT2D eigenvalue weighted by atomic mass is 16.5. The normalized spacial score (nSPS) is 12.6. The number of amides is 2. The van der Waals surface area contributed by atoms with Gasteiger partial charge in [-0.25, -0.2) is 4.79 Å². The van der Waals surface area contributed by atoms with Gasteiger partial charge in [0.05, 0.1) is 13.2 Å². The molecule has 0 aromatic rings. The van der Waals surface area contributed by atoms with Crippen LogP contribution in [0.2, 0.25) is 0 Å². The molecule has 0 aromatic carbocycles. The first-order valence-electron chi connectivity index (χ1n) is 22.7. The van der Waals surface area contributed by atoms with Crippen molar-refractivity contribution in [1.29, 1.82) is 0 Å². The number of aliphatic hydroxyl groups excluding tert-OH is 1. The zero-order valence-corrected chi connectivity index (χ0v) is 35.4. The fraction of sp³-hybridized carbons (Fsp3) is 0.826. The number of ether oxygens (including phenoxy) is 1. The molecule has 55 heavy (non-hydrogen) atoms. The van der Waals surface area contributed by atoms with Crippen molar-refractivity contribution < 1.29 is 34.1 Å². The van der Waals surface area contributed by atoms with Crippen molar-refractivity contribution >= 4 is 23.8 Å². The molecule has 0 heterocycles.